The van der Waals surface area contributed by atoms with Gasteiger partial charge >= 0.3 is 0 Å². The maximum absolute atomic E-state index is 11.4. The Morgan fingerprint density at radius 2 is 1.77 bits per heavy atom. The first-order valence-electron chi connectivity index (χ1n) is 7.21. The fourth-order valence-corrected chi connectivity index (χ4v) is 2.33. The maximum Gasteiger partial charge on any atom is 0.224 e. The summed E-state index contributed by atoms with van der Waals surface area (Å²) in [6.45, 7) is 1.83. The minimum absolute atomic E-state index is 0.0159. The molecule has 3 rings (SSSR count). The van der Waals surface area contributed by atoms with Crippen molar-refractivity contribution in [2.45, 2.75) is 13.3 Å². The molecule has 4 nitrogen and oxygen atoms in total. The van der Waals surface area contributed by atoms with Gasteiger partial charge in [0, 0.05) is 23.7 Å². The Morgan fingerprint density at radius 3 is 2.50 bits per heavy atom. The quantitative estimate of drug-likeness (QED) is 0.770. The van der Waals surface area contributed by atoms with Gasteiger partial charge < -0.3 is 11.1 Å². The minimum Gasteiger partial charge on any atom is -0.384 e. The van der Waals surface area contributed by atoms with Crippen molar-refractivity contribution in [2.24, 2.45) is 0 Å². The molecule has 0 bridgehead atoms. The van der Waals surface area contributed by atoms with E-state index in [-0.39, 0.29) is 5.91 Å². The van der Waals surface area contributed by atoms with Crippen molar-refractivity contribution < 1.29 is 4.79 Å². The largest absolute Gasteiger partial charge is 0.384 e. The third kappa shape index (κ3) is 2.91. The van der Waals surface area contributed by atoms with E-state index in [1.54, 1.807) is 6.20 Å². The summed E-state index contributed by atoms with van der Waals surface area (Å²) in [5.74, 6) is 0.540. The van der Waals surface area contributed by atoms with E-state index in [2.05, 4.69) is 22.4 Å². The van der Waals surface area contributed by atoms with Crippen molar-refractivity contribution in [1.82, 2.24) is 4.98 Å². The second kappa shape index (κ2) is 5.85. The van der Waals surface area contributed by atoms with Crippen molar-refractivity contribution in [3.8, 4) is 11.1 Å². The molecule has 0 aliphatic rings. The van der Waals surface area contributed by atoms with E-state index in [9.17, 15) is 4.79 Å². The number of carbonyl (C=O) groups is 1. The van der Waals surface area contributed by atoms with Gasteiger partial charge in [0.25, 0.3) is 0 Å². The summed E-state index contributed by atoms with van der Waals surface area (Å²) >= 11 is 0. The second-order valence-electron chi connectivity index (χ2n) is 5.15. The highest BCUT2D eigenvalue weighted by molar-refractivity contribution is 5.91. The molecule has 0 radical (unpaired) electrons. The topological polar surface area (TPSA) is 68.0 Å². The Hall–Kier alpha value is -2.88. The Labute approximate surface area is 129 Å². The molecule has 0 spiro atoms. The number of hydrogen-bond acceptors (Lipinski definition) is 3. The van der Waals surface area contributed by atoms with Crippen LogP contribution in [-0.2, 0) is 4.79 Å². The van der Waals surface area contributed by atoms with Crippen LogP contribution in [-0.4, -0.2) is 10.9 Å². The average molecular weight is 291 g/mol. The van der Waals surface area contributed by atoms with E-state index in [1.165, 1.54) is 0 Å². The second-order valence-corrected chi connectivity index (χ2v) is 5.15. The highest BCUT2D eigenvalue weighted by Gasteiger charge is 2.03. The van der Waals surface area contributed by atoms with Gasteiger partial charge in [-0.15, -0.1) is 0 Å². The molecule has 1 aromatic heterocycles. The van der Waals surface area contributed by atoms with Crippen LogP contribution < -0.4 is 11.1 Å². The van der Waals surface area contributed by atoms with E-state index in [4.69, 9.17) is 5.73 Å². The Morgan fingerprint density at radius 1 is 1.05 bits per heavy atom. The summed E-state index contributed by atoms with van der Waals surface area (Å²) in [6, 6.07) is 15.9. The normalized spacial score (nSPS) is 10.6. The zero-order valence-electron chi connectivity index (χ0n) is 12.3. The molecular weight excluding hydrogens is 274 g/mol. The first-order chi connectivity index (χ1) is 10.7. The molecule has 0 atom stereocenters. The molecule has 1 amide bonds. The van der Waals surface area contributed by atoms with Gasteiger partial charge in [-0.1, -0.05) is 31.2 Å². The van der Waals surface area contributed by atoms with Crippen LogP contribution in [0.1, 0.15) is 13.3 Å². The highest BCUT2D eigenvalue weighted by atomic mass is 16.1. The number of rotatable bonds is 3. The highest BCUT2D eigenvalue weighted by Crippen LogP contribution is 2.26. The lowest BCUT2D eigenvalue weighted by molar-refractivity contribution is -0.115. The summed E-state index contributed by atoms with van der Waals surface area (Å²) in [6.07, 6.45) is 2.26. The van der Waals surface area contributed by atoms with Crippen LogP contribution in [0.3, 0.4) is 0 Å². The maximum atomic E-state index is 11.4. The number of anilines is 2. The minimum atomic E-state index is 0.0159. The van der Waals surface area contributed by atoms with Crippen LogP contribution in [0.2, 0.25) is 0 Å². The van der Waals surface area contributed by atoms with Gasteiger partial charge in [-0.25, -0.2) is 4.98 Å². The molecule has 3 aromatic rings. The third-order valence-corrected chi connectivity index (χ3v) is 3.57. The first kappa shape index (κ1) is 14.1. The summed E-state index contributed by atoms with van der Waals surface area (Å²) in [7, 11) is 0. The van der Waals surface area contributed by atoms with Crippen LogP contribution >= 0.6 is 0 Å². The van der Waals surface area contributed by atoms with E-state index >= 15 is 0 Å². The molecule has 3 N–H and O–H groups in total. The van der Waals surface area contributed by atoms with E-state index in [1.807, 2.05) is 43.3 Å². The van der Waals surface area contributed by atoms with Crippen LogP contribution in [0, 0.1) is 0 Å². The van der Waals surface area contributed by atoms with Gasteiger partial charge in [-0.3, -0.25) is 4.79 Å². The molecule has 0 saturated carbocycles. The zero-order chi connectivity index (χ0) is 15.5. The molecule has 0 unspecified atom stereocenters. The number of nitrogen functional groups attached to an aromatic ring is 1. The fraction of sp³-hybridized carbons (Fsp3) is 0.111. The van der Waals surface area contributed by atoms with Crippen molar-refractivity contribution in [3.05, 3.63) is 54.7 Å². The summed E-state index contributed by atoms with van der Waals surface area (Å²) in [5.41, 5.74) is 8.70. The number of nitrogens with zero attached hydrogens (tertiary/aromatic N) is 1. The number of hydrogen-bond donors (Lipinski definition) is 2. The van der Waals surface area contributed by atoms with E-state index < -0.39 is 0 Å². The molecule has 2 aromatic carbocycles. The molecule has 0 fully saturated rings. The number of amides is 1. The van der Waals surface area contributed by atoms with Crippen molar-refractivity contribution in [1.29, 1.82) is 0 Å². The number of nitrogens with one attached hydrogen (secondary N) is 1. The Bertz CT molecular complexity index is 825. The number of pyridine rings is 1. The van der Waals surface area contributed by atoms with Crippen LogP contribution in [0.15, 0.2) is 54.7 Å². The van der Waals surface area contributed by atoms with Gasteiger partial charge in [0.2, 0.25) is 5.91 Å². The van der Waals surface area contributed by atoms with Gasteiger partial charge in [-0.2, -0.15) is 0 Å². The predicted octanol–water partition coefficient (Wildman–Crippen LogP) is 3.83. The Kier molecular flexibility index (Phi) is 3.74. The third-order valence-electron chi connectivity index (χ3n) is 3.57. The monoisotopic (exact) mass is 291 g/mol. The molecule has 0 saturated heterocycles. The summed E-state index contributed by atoms with van der Waals surface area (Å²) in [4.78, 5) is 15.5. The average Bonchev–Trinajstić information content (AvgIpc) is 2.55. The van der Waals surface area contributed by atoms with Crippen LogP contribution in [0.4, 0.5) is 11.5 Å². The predicted molar refractivity (Wildman–Crippen MR) is 90.5 cm³/mol. The molecular formula is C18H17N3O. The molecule has 0 aliphatic heterocycles. The smallest absolute Gasteiger partial charge is 0.224 e. The van der Waals surface area contributed by atoms with Crippen molar-refractivity contribution in [2.75, 3.05) is 11.1 Å². The molecule has 0 aliphatic carbocycles. The lowest BCUT2D eigenvalue weighted by Crippen LogP contribution is -2.08. The SMILES string of the molecule is CCC(=O)Nc1ccc(-c2ccc3cc(N)ncc3c2)cc1. The summed E-state index contributed by atoms with van der Waals surface area (Å²) < 4.78 is 0. The zero-order valence-corrected chi connectivity index (χ0v) is 12.3. The molecule has 110 valence electrons. The van der Waals surface area contributed by atoms with Gasteiger partial charge in [-0.05, 0) is 40.8 Å². The van der Waals surface area contributed by atoms with Crippen molar-refractivity contribution >= 4 is 28.2 Å². The fourth-order valence-electron chi connectivity index (χ4n) is 2.33. The standard InChI is InChI=1S/C18H17N3O/c1-2-18(22)21-16-7-5-12(6-8-16)13-3-4-14-10-17(19)20-11-15(14)9-13/h3-11H,2H2,1H3,(H2,19,20)(H,21,22). The van der Waals surface area contributed by atoms with Gasteiger partial charge in [0.05, 0.1) is 0 Å². The molecule has 22 heavy (non-hydrogen) atoms. The van der Waals surface area contributed by atoms with Crippen LogP contribution in [0.25, 0.3) is 21.9 Å². The van der Waals surface area contributed by atoms with Gasteiger partial charge in [0.1, 0.15) is 5.82 Å². The van der Waals surface area contributed by atoms with E-state index in [0.717, 1.165) is 27.6 Å². The molecule has 1 heterocycles. The first-order valence-corrected chi connectivity index (χ1v) is 7.21. The number of nitrogens with two attached hydrogens (primary N) is 1. The van der Waals surface area contributed by atoms with Crippen molar-refractivity contribution in [3.63, 3.8) is 0 Å². The summed E-state index contributed by atoms with van der Waals surface area (Å²) in [5, 5.41) is 4.97. The lowest BCUT2D eigenvalue weighted by atomic mass is 10.0. The Balaban J connectivity index is 1.90. The number of fused-ring (bicyclic) bond motifs is 1. The number of carbonyl (C=O) groups excluding carboxylic acids is 1. The van der Waals surface area contributed by atoms with Gasteiger partial charge in [0.15, 0.2) is 0 Å². The molecule has 4 heteroatoms. The lowest BCUT2D eigenvalue weighted by Gasteiger charge is -2.07. The number of aromatic nitrogens is 1. The number of benzene rings is 2. The van der Waals surface area contributed by atoms with Crippen LogP contribution in [0.5, 0.6) is 0 Å². The van der Waals surface area contributed by atoms with E-state index in [0.29, 0.717) is 12.2 Å².